The number of carbonyl (C=O) groups is 2. The number of pyridine rings is 1. The lowest BCUT2D eigenvalue weighted by atomic mass is 10.1. The molecule has 0 fully saturated rings. The lowest BCUT2D eigenvalue weighted by Crippen LogP contribution is -2.37. The highest BCUT2D eigenvalue weighted by atomic mass is 16.4. The number of aliphatic carboxylic acids is 1. The first-order valence-electron chi connectivity index (χ1n) is 7.90. The molecule has 1 heterocycles. The Balaban J connectivity index is 1.86. The van der Waals surface area contributed by atoms with E-state index in [1.54, 1.807) is 23.9 Å². The topological polar surface area (TPSA) is 91.6 Å². The summed E-state index contributed by atoms with van der Waals surface area (Å²) in [4.78, 5) is 35.4. The maximum absolute atomic E-state index is 11.9. The number of carboxylic acid groups (broad SMARTS) is 1. The van der Waals surface area contributed by atoms with E-state index in [0.29, 0.717) is 13.1 Å². The molecule has 0 spiro atoms. The van der Waals surface area contributed by atoms with Gasteiger partial charge in [-0.05, 0) is 17.2 Å². The number of hydrogen-bond donors (Lipinski definition) is 2. The fourth-order valence-corrected chi connectivity index (χ4v) is 2.23. The second-order valence-electron chi connectivity index (χ2n) is 5.71. The van der Waals surface area contributed by atoms with E-state index in [9.17, 15) is 14.4 Å². The smallest absolute Gasteiger partial charge is 0.317 e. The van der Waals surface area contributed by atoms with Crippen LogP contribution in [0.15, 0.2) is 53.5 Å². The summed E-state index contributed by atoms with van der Waals surface area (Å²) >= 11 is 0. The number of carboxylic acids is 1. The average molecular weight is 343 g/mol. The average Bonchev–Trinajstić information content (AvgIpc) is 2.60. The van der Waals surface area contributed by atoms with Gasteiger partial charge in [-0.1, -0.05) is 30.3 Å². The first-order chi connectivity index (χ1) is 12.0. The first-order valence-corrected chi connectivity index (χ1v) is 7.90. The summed E-state index contributed by atoms with van der Waals surface area (Å²) in [7, 11) is 1.55. The van der Waals surface area contributed by atoms with Crippen LogP contribution in [-0.4, -0.2) is 40.2 Å². The monoisotopic (exact) mass is 343 g/mol. The van der Waals surface area contributed by atoms with Crippen LogP contribution in [0, 0.1) is 0 Å². The summed E-state index contributed by atoms with van der Waals surface area (Å²) in [6.07, 6.45) is 1.65. The zero-order valence-electron chi connectivity index (χ0n) is 14.0. The van der Waals surface area contributed by atoms with E-state index < -0.39 is 5.97 Å². The van der Waals surface area contributed by atoms with Crippen molar-refractivity contribution < 1.29 is 14.7 Å². The Kier molecular flexibility index (Phi) is 6.33. The van der Waals surface area contributed by atoms with E-state index in [2.05, 4.69) is 5.32 Å². The number of hydrogen-bond acceptors (Lipinski definition) is 3. The van der Waals surface area contributed by atoms with E-state index in [0.717, 1.165) is 11.1 Å². The van der Waals surface area contributed by atoms with Crippen LogP contribution in [0.3, 0.4) is 0 Å². The number of carbonyl (C=O) groups excluding carboxylic acids is 1. The van der Waals surface area contributed by atoms with Crippen LogP contribution < -0.4 is 10.9 Å². The molecule has 0 atom stereocenters. The summed E-state index contributed by atoms with van der Waals surface area (Å²) < 4.78 is 1.62. The fourth-order valence-electron chi connectivity index (χ4n) is 2.23. The number of amides is 2. The molecule has 0 saturated heterocycles. The summed E-state index contributed by atoms with van der Waals surface area (Å²) in [5, 5.41) is 11.4. The second-order valence-corrected chi connectivity index (χ2v) is 5.71. The van der Waals surface area contributed by atoms with Crippen LogP contribution in [0.5, 0.6) is 0 Å². The van der Waals surface area contributed by atoms with Gasteiger partial charge in [0.25, 0.3) is 5.56 Å². The maximum Gasteiger partial charge on any atom is 0.317 e. The lowest BCUT2D eigenvalue weighted by molar-refractivity contribution is -0.137. The minimum absolute atomic E-state index is 0.0526. The molecular weight excluding hydrogens is 322 g/mol. The van der Waals surface area contributed by atoms with Gasteiger partial charge in [0, 0.05) is 32.4 Å². The van der Waals surface area contributed by atoms with E-state index in [1.807, 2.05) is 30.3 Å². The molecule has 25 heavy (non-hydrogen) atoms. The summed E-state index contributed by atoms with van der Waals surface area (Å²) in [6.45, 7) is 0.998. The van der Waals surface area contributed by atoms with Gasteiger partial charge in [-0.2, -0.15) is 0 Å². The van der Waals surface area contributed by atoms with Gasteiger partial charge in [0.05, 0.1) is 13.0 Å². The van der Waals surface area contributed by atoms with Crippen molar-refractivity contribution in [2.45, 2.75) is 19.5 Å². The molecular formula is C18H21N3O4. The third kappa shape index (κ3) is 5.80. The Bertz CT molecular complexity index is 783. The minimum Gasteiger partial charge on any atom is -0.481 e. The van der Waals surface area contributed by atoms with Crippen molar-refractivity contribution in [2.24, 2.45) is 0 Å². The number of rotatable bonds is 7. The summed E-state index contributed by atoms with van der Waals surface area (Å²) in [6, 6.07) is 12.3. The number of nitrogens with one attached hydrogen (secondary N) is 1. The molecule has 7 heteroatoms. The van der Waals surface area contributed by atoms with Gasteiger partial charge in [0.15, 0.2) is 0 Å². The van der Waals surface area contributed by atoms with Crippen molar-refractivity contribution in [3.05, 3.63) is 70.1 Å². The lowest BCUT2D eigenvalue weighted by Gasteiger charge is -2.17. The SMILES string of the molecule is CN(CCC(=O)O)C(=O)NCc1ccc(Cn2ccccc2=O)cc1. The number of urea groups is 1. The van der Waals surface area contributed by atoms with E-state index in [4.69, 9.17) is 5.11 Å². The predicted octanol–water partition coefficient (Wildman–Crippen LogP) is 1.51. The number of aromatic nitrogens is 1. The van der Waals surface area contributed by atoms with E-state index in [1.165, 1.54) is 11.0 Å². The molecule has 2 amide bonds. The molecule has 0 unspecified atom stereocenters. The Labute approximate surface area is 145 Å². The Morgan fingerprint density at radius 2 is 1.80 bits per heavy atom. The highest BCUT2D eigenvalue weighted by Crippen LogP contribution is 2.06. The molecule has 2 rings (SSSR count). The van der Waals surface area contributed by atoms with E-state index >= 15 is 0 Å². The van der Waals surface area contributed by atoms with Gasteiger partial charge in [0.1, 0.15) is 0 Å². The van der Waals surface area contributed by atoms with Crippen LogP contribution in [0.25, 0.3) is 0 Å². The highest BCUT2D eigenvalue weighted by Gasteiger charge is 2.09. The zero-order chi connectivity index (χ0) is 18.2. The quantitative estimate of drug-likeness (QED) is 0.797. The first kappa shape index (κ1) is 18.3. The molecule has 2 N–H and O–H groups in total. The van der Waals surface area contributed by atoms with Crippen LogP contribution in [0.1, 0.15) is 17.5 Å². The Morgan fingerprint density at radius 1 is 1.12 bits per heavy atom. The van der Waals surface area contributed by atoms with Crippen molar-refractivity contribution in [1.82, 2.24) is 14.8 Å². The molecule has 132 valence electrons. The third-order valence-corrected chi connectivity index (χ3v) is 3.73. The van der Waals surface area contributed by atoms with Crippen LogP contribution in [-0.2, 0) is 17.9 Å². The van der Waals surface area contributed by atoms with Gasteiger partial charge in [-0.15, -0.1) is 0 Å². The van der Waals surface area contributed by atoms with Crippen molar-refractivity contribution in [3.8, 4) is 0 Å². The van der Waals surface area contributed by atoms with Crippen LogP contribution in [0.4, 0.5) is 4.79 Å². The molecule has 1 aromatic carbocycles. The standard InChI is InChI=1S/C18H21N3O4/c1-20(11-9-17(23)24)18(25)19-12-14-5-7-15(8-6-14)13-21-10-3-2-4-16(21)22/h2-8,10H,9,11-13H2,1H3,(H,19,25)(H,23,24). The summed E-state index contributed by atoms with van der Waals surface area (Å²) in [5.41, 5.74) is 1.86. The van der Waals surface area contributed by atoms with Crippen LogP contribution >= 0.6 is 0 Å². The van der Waals surface area contributed by atoms with Gasteiger partial charge in [-0.25, -0.2) is 4.79 Å². The normalized spacial score (nSPS) is 10.3. The van der Waals surface area contributed by atoms with Gasteiger partial charge in [-0.3, -0.25) is 9.59 Å². The predicted molar refractivity (Wildman–Crippen MR) is 93.4 cm³/mol. The van der Waals surface area contributed by atoms with Crippen molar-refractivity contribution in [1.29, 1.82) is 0 Å². The second kappa shape index (κ2) is 8.68. The van der Waals surface area contributed by atoms with Crippen molar-refractivity contribution >= 4 is 12.0 Å². The molecule has 0 aliphatic heterocycles. The zero-order valence-corrected chi connectivity index (χ0v) is 14.0. The molecule has 0 aliphatic rings. The molecule has 2 aromatic rings. The van der Waals surface area contributed by atoms with Gasteiger partial charge < -0.3 is 19.9 Å². The van der Waals surface area contributed by atoms with Crippen molar-refractivity contribution in [3.63, 3.8) is 0 Å². The van der Waals surface area contributed by atoms with Gasteiger partial charge in [0.2, 0.25) is 0 Å². The molecule has 0 bridgehead atoms. The van der Waals surface area contributed by atoms with Crippen molar-refractivity contribution in [2.75, 3.05) is 13.6 Å². The van der Waals surface area contributed by atoms with Crippen LogP contribution in [0.2, 0.25) is 0 Å². The third-order valence-electron chi connectivity index (χ3n) is 3.73. The Hall–Kier alpha value is -3.09. The number of benzene rings is 1. The molecule has 0 saturated carbocycles. The molecule has 0 aliphatic carbocycles. The highest BCUT2D eigenvalue weighted by molar-refractivity contribution is 5.75. The fraction of sp³-hybridized carbons (Fsp3) is 0.278. The van der Waals surface area contributed by atoms with Gasteiger partial charge >= 0.3 is 12.0 Å². The largest absolute Gasteiger partial charge is 0.481 e. The summed E-state index contributed by atoms with van der Waals surface area (Å²) in [5.74, 6) is -0.937. The molecule has 1 aromatic heterocycles. The molecule has 7 nitrogen and oxygen atoms in total. The van der Waals surface area contributed by atoms with E-state index in [-0.39, 0.29) is 24.6 Å². The Morgan fingerprint density at radius 3 is 2.44 bits per heavy atom. The minimum atomic E-state index is -0.937. The number of nitrogens with zero attached hydrogens (tertiary/aromatic N) is 2. The molecule has 0 radical (unpaired) electrons. The maximum atomic E-state index is 11.9.